The molecule has 2 heterocycles. The molecule has 3 rings (SSSR count). The molecular formula is C14H14N2O3S2. The molecule has 110 valence electrons. The monoisotopic (exact) mass is 322 g/mol. The third-order valence-electron chi connectivity index (χ3n) is 3.26. The summed E-state index contributed by atoms with van der Waals surface area (Å²) in [5, 5.41) is 4.51. The van der Waals surface area contributed by atoms with Crippen molar-refractivity contribution in [3.05, 3.63) is 46.8 Å². The molecule has 0 atom stereocenters. The molecule has 5 nitrogen and oxygen atoms in total. The molecule has 1 amide bonds. The lowest BCUT2D eigenvalue weighted by Crippen LogP contribution is -2.25. The van der Waals surface area contributed by atoms with Crippen LogP contribution in [0, 0.1) is 0 Å². The molecular weight excluding hydrogens is 308 g/mol. The Hall–Kier alpha value is -1.70. The lowest BCUT2D eigenvalue weighted by Gasteiger charge is -2.06. The van der Waals surface area contributed by atoms with Crippen LogP contribution in [0.15, 0.2) is 39.9 Å². The Morgan fingerprint density at radius 3 is 2.90 bits per heavy atom. The summed E-state index contributed by atoms with van der Waals surface area (Å²) in [4.78, 5) is 11.3. The Morgan fingerprint density at radius 2 is 2.14 bits per heavy atom. The number of hydrogen-bond acceptors (Lipinski definition) is 4. The Kier molecular flexibility index (Phi) is 3.79. The average Bonchev–Trinajstić information content (AvgIpc) is 3.06. The van der Waals surface area contributed by atoms with E-state index < -0.39 is 10.0 Å². The molecule has 1 aliphatic rings. The van der Waals surface area contributed by atoms with Gasteiger partial charge in [0, 0.05) is 12.2 Å². The van der Waals surface area contributed by atoms with Gasteiger partial charge in [-0.25, -0.2) is 13.1 Å². The summed E-state index contributed by atoms with van der Waals surface area (Å²) >= 11 is 1.20. The van der Waals surface area contributed by atoms with Crippen molar-refractivity contribution in [1.29, 1.82) is 0 Å². The number of carbonyl (C=O) groups is 1. The first-order valence-electron chi connectivity index (χ1n) is 6.49. The van der Waals surface area contributed by atoms with Crippen LogP contribution in [0.4, 0.5) is 5.69 Å². The van der Waals surface area contributed by atoms with E-state index in [9.17, 15) is 13.2 Å². The molecule has 0 radical (unpaired) electrons. The number of carbonyl (C=O) groups excluding carboxylic acids is 1. The second kappa shape index (κ2) is 5.59. The highest BCUT2D eigenvalue weighted by Gasteiger charge is 2.18. The van der Waals surface area contributed by atoms with Crippen molar-refractivity contribution < 1.29 is 13.2 Å². The molecule has 0 saturated heterocycles. The molecule has 2 aromatic rings. The maximum Gasteiger partial charge on any atom is 0.250 e. The Bertz CT molecular complexity index is 768. The van der Waals surface area contributed by atoms with E-state index in [1.807, 2.05) is 18.2 Å². The fourth-order valence-electron chi connectivity index (χ4n) is 2.26. The number of thiophene rings is 1. The van der Waals surface area contributed by atoms with Crippen LogP contribution in [0.3, 0.4) is 0 Å². The standard InChI is InChI=1S/C14H14N2O3S2/c17-13-9-11-8-10(3-4-12(11)16-13)5-6-15-21(18,19)14-2-1-7-20-14/h1-4,7-8,15H,5-6,9H2,(H,16,17). The zero-order chi connectivity index (χ0) is 14.9. The quantitative estimate of drug-likeness (QED) is 0.881. The second-order valence-electron chi connectivity index (χ2n) is 4.80. The van der Waals surface area contributed by atoms with Crippen LogP contribution < -0.4 is 10.0 Å². The summed E-state index contributed by atoms with van der Waals surface area (Å²) in [5.74, 6) is 0.000508. The van der Waals surface area contributed by atoms with Crippen molar-refractivity contribution in [2.75, 3.05) is 11.9 Å². The fourth-order valence-corrected chi connectivity index (χ4v) is 4.32. The minimum Gasteiger partial charge on any atom is -0.326 e. The highest BCUT2D eigenvalue weighted by molar-refractivity contribution is 7.91. The Morgan fingerprint density at radius 1 is 1.29 bits per heavy atom. The van der Waals surface area contributed by atoms with Crippen molar-refractivity contribution in [3.63, 3.8) is 0 Å². The Balaban J connectivity index is 1.62. The molecule has 0 saturated carbocycles. The summed E-state index contributed by atoms with van der Waals surface area (Å²) < 4.78 is 26.8. The predicted molar refractivity (Wildman–Crippen MR) is 82.0 cm³/mol. The summed E-state index contributed by atoms with van der Waals surface area (Å²) in [6, 6.07) is 9.02. The number of hydrogen-bond donors (Lipinski definition) is 2. The molecule has 1 aliphatic heterocycles. The van der Waals surface area contributed by atoms with Crippen molar-refractivity contribution in [3.8, 4) is 0 Å². The third kappa shape index (κ3) is 3.15. The van der Waals surface area contributed by atoms with Gasteiger partial charge in [-0.05, 0) is 35.1 Å². The van der Waals surface area contributed by atoms with E-state index in [0.717, 1.165) is 16.8 Å². The van der Waals surface area contributed by atoms with E-state index in [2.05, 4.69) is 10.0 Å². The van der Waals surface area contributed by atoms with Crippen molar-refractivity contribution >= 4 is 33.0 Å². The van der Waals surface area contributed by atoms with Gasteiger partial charge in [0.25, 0.3) is 0 Å². The van der Waals surface area contributed by atoms with E-state index in [4.69, 9.17) is 0 Å². The molecule has 0 unspecified atom stereocenters. The average molecular weight is 322 g/mol. The van der Waals surface area contributed by atoms with Crippen LogP contribution in [0.2, 0.25) is 0 Å². The first-order valence-corrected chi connectivity index (χ1v) is 8.86. The minimum absolute atomic E-state index is 0.000508. The Labute approximate surface area is 127 Å². The lowest BCUT2D eigenvalue weighted by atomic mass is 10.1. The molecule has 0 fully saturated rings. The first kappa shape index (κ1) is 14.2. The van der Waals surface area contributed by atoms with Gasteiger partial charge in [0.15, 0.2) is 0 Å². The first-order chi connectivity index (χ1) is 10.0. The number of amides is 1. The number of rotatable bonds is 5. The summed E-state index contributed by atoms with van der Waals surface area (Å²) in [5.41, 5.74) is 2.83. The van der Waals surface area contributed by atoms with Crippen LogP contribution in [-0.2, 0) is 27.7 Å². The number of anilines is 1. The van der Waals surface area contributed by atoms with E-state index in [-0.39, 0.29) is 5.91 Å². The molecule has 0 aliphatic carbocycles. The number of nitrogens with one attached hydrogen (secondary N) is 2. The van der Waals surface area contributed by atoms with Gasteiger partial charge in [-0.15, -0.1) is 11.3 Å². The summed E-state index contributed by atoms with van der Waals surface area (Å²) in [6.07, 6.45) is 0.982. The van der Waals surface area contributed by atoms with Gasteiger partial charge in [-0.1, -0.05) is 18.2 Å². The van der Waals surface area contributed by atoms with E-state index >= 15 is 0 Å². The number of benzene rings is 1. The normalized spacial score (nSPS) is 14.0. The number of fused-ring (bicyclic) bond motifs is 1. The van der Waals surface area contributed by atoms with E-state index in [1.54, 1.807) is 17.5 Å². The van der Waals surface area contributed by atoms with E-state index in [1.165, 1.54) is 11.3 Å². The van der Waals surface area contributed by atoms with Crippen molar-refractivity contribution in [2.24, 2.45) is 0 Å². The topological polar surface area (TPSA) is 75.3 Å². The highest BCUT2D eigenvalue weighted by Crippen LogP contribution is 2.24. The van der Waals surface area contributed by atoms with Crippen LogP contribution in [0.5, 0.6) is 0 Å². The van der Waals surface area contributed by atoms with Crippen LogP contribution in [0.25, 0.3) is 0 Å². The maximum absolute atomic E-state index is 12.0. The highest BCUT2D eigenvalue weighted by atomic mass is 32.2. The molecule has 7 heteroatoms. The van der Waals surface area contributed by atoms with Crippen molar-refractivity contribution in [2.45, 2.75) is 17.1 Å². The molecule has 21 heavy (non-hydrogen) atoms. The third-order valence-corrected chi connectivity index (χ3v) is 6.12. The van der Waals surface area contributed by atoms with Gasteiger partial charge in [-0.2, -0.15) is 0 Å². The van der Waals surface area contributed by atoms with Crippen LogP contribution >= 0.6 is 11.3 Å². The lowest BCUT2D eigenvalue weighted by molar-refractivity contribution is -0.115. The largest absolute Gasteiger partial charge is 0.326 e. The predicted octanol–water partition coefficient (Wildman–Crippen LogP) is 1.76. The smallest absolute Gasteiger partial charge is 0.250 e. The van der Waals surface area contributed by atoms with Gasteiger partial charge in [0.1, 0.15) is 4.21 Å². The van der Waals surface area contributed by atoms with Gasteiger partial charge >= 0.3 is 0 Å². The van der Waals surface area contributed by atoms with Gasteiger partial charge in [0.2, 0.25) is 15.9 Å². The molecule has 1 aromatic carbocycles. The number of sulfonamides is 1. The zero-order valence-electron chi connectivity index (χ0n) is 11.1. The fraction of sp³-hybridized carbons (Fsp3) is 0.214. The van der Waals surface area contributed by atoms with Gasteiger partial charge in [0.05, 0.1) is 6.42 Å². The zero-order valence-corrected chi connectivity index (χ0v) is 12.8. The van der Waals surface area contributed by atoms with Gasteiger partial charge in [-0.3, -0.25) is 4.79 Å². The van der Waals surface area contributed by atoms with Gasteiger partial charge < -0.3 is 5.32 Å². The summed E-state index contributed by atoms with van der Waals surface area (Å²) in [6.45, 7) is 0.334. The van der Waals surface area contributed by atoms with Crippen LogP contribution in [0.1, 0.15) is 11.1 Å². The van der Waals surface area contributed by atoms with E-state index in [0.29, 0.717) is 23.6 Å². The molecule has 2 N–H and O–H groups in total. The summed E-state index contributed by atoms with van der Waals surface area (Å²) in [7, 11) is -3.41. The van der Waals surface area contributed by atoms with Crippen LogP contribution in [-0.4, -0.2) is 20.9 Å². The molecule has 1 aromatic heterocycles. The van der Waals surface area contributed by atoms with Crippen molar-refractivity contribution in [1.82, 2.24) is 4.72 Å². The minimum atomic E-state index is -3.41. The SMILES string of the molecule is O=C1Cc2cc(CCNS(=O)(=O)c3cccs3)ccc2N1. The maximum atomic E-state index is 12.0. The second-order valence-corrected chi connectivity index (χ2v) is 7.74. The molecule has 0 spiro atoms. The molecule has 0 bridgehead atoms.